The summed E-state index contributed by atoms with van der Waals surface area (Å²) in [6.07, 6.45) is 0.956. The van der Waals surface area contributed by atoms with Gasteiger partial charge in [-0.15, -0.1) is 11.3 Å². The quantitative estimate of drug-likeness (QED) is 0.591. The molecule has 0 unspecified atom stereocenters. The van der Waals surface area contributed by atoms with Crippen LogP contribution in [0.25, 0.3) is 0 Å². The molecule has 1 aromatic heterocycles. The van der Waals surface area contributed by atoms with Crippen LogP contribution < -0.4 is 4.78 Å². The minimum atomic E-state index is -1.30. The second-order valence-electron chi connectivity index (χ2n) is 2.03. The van der Waals surface area contributed by atoms with Crippen LogP contribution in [0.4, 0.5) is 0 Å². The molecule has 0 bridgehead atoms. The van der Waals surface area contributed by atoms with Gasteiger partial charge in [0.1, 0.15) is 0 Å². The van der Waals surface area contributed by atoms with Gasteiger partial charge >= 0.3 is 7.12 Å². The lowest BCUT2D eigenvalue weighted by atomic mass is 9.90. The Morgan fingerprint density at radius 3 is 2.50 bits per heavy atom. The minimum Gasteiger partial charge on any atom is -0.423 e. The van der Waals surface area contributed by atoms with Gasteiger partial charge in [-0.1, -0.05) is 13.0 Å². The van der Waals surface area contributed by atoms with Crippen molar-refractivity contribution in [1.29, 1.82) is 0 Å². The molecule has 0 aliphatic rings. The summed E-state index contributed by atoms with van der Waals surface area (Å²) in [5.74, 6) is 0. The number of thiophene rings is 1. The SMILES string of the molecule is CCc1ccc(B(O)O)s1. The van der Waals surface area contributed by atoms with Crippen LogP contribution >= 0.6 is 11.3 Å². The molecule has 0 amide bonds. The summed E-state index contributed by atoms with van der Waals surface area (Å²) in [5.41, 5.74) is 0. The maximum Gasteiger partial charge on any atom is 0.499 e. The topological polar surface area (TPSA) is 40.5 Å². The number of hydrogen-bond acceptors (Lipinski definition) is 3. The smallest absolute Gasteiger partial charge is 0.423 e. The summed E-state index contributed by atoms with van der Waals surface area (Å²) in [6, 6.07) is 3.66. The fourth-order valence-corrected chi connectivity index (χ4v) is 1.55. The van der Waals surface area contributed by atoms with E-state index >= 15 is 0 Å². The van der Waals surface area contributed by atoms with Crippen molar-refractivity contribution in [1.82, 2.24) is 0 Å². The zero-order valence-corrected chi connectivity index (χ0v) is 6.56. The molecular formula is C6H9BO2S. The molecule has 0 aliphatic carbocycles. The largest absolute Gasteiger partial charge is 0.499 e. The van der Waals surface area contributed by atoms with E-state index in [9.17, 15) is 0 Å². The molecule has 10 heavy (non-hydrogen) atoms. The minimum absolute atomic E-state index is 0.622. The Hall–Kier alpha value is -0.315. The highest BCUT2D eigenvalue weighted by molar-refractivity contribution is 7.22. The summed E-state index contributed by atoms with van der Waals surface area (Å²) < 4.78 is 0.622. The van der Waals surface area contributed by atoms with Crippen molar-refractivity contribution in [2.75, 3.05) is 0 Å². The Labute approximate surface area is 64.3 Å². The number of aryl methyl sites for hydroxylation is 1. The normalized spacial score (nSPS) is 9.90. The van der Waals surface area contributed by atoms with Crippen LogP contribution in [0.5, 0.6) is 0 Å². The molecule has 0 aromatic carbocycles. The fraction of sp³-hybridized carbons (Fsp3) is 0.333. The Kier molecular flexibility index (Phi) is 2.48. The summed E-state index contributed by atoms with van der Waals surface area (Å²) in [7, 11) is -1.30. The Morgan fingerprint density at radius 2 is 2.20 bits per heavy atom. The predicted octanol–water partition coefficient (Wildman–Crippen LogP) is -0.00970. The standard InChI is InChI=1S/C6H9BO2S/c1-2-5-3-4-6(10-5)7(8)9/h3-4,8-9H,2H2,1H3. The average Bonchev–Trinajstić information content (AvgIpc) is 2.34. The van der Waals surface area contributed by atoms with Crippen molar-refractivity contribution in [3.05, 3.63) is 17.0 Å². The Balaban J connectivity index is 2.78. The Morgan fingerprint density at radius 1 is 1.50 bits per heavy atom. The second-order valence-corrected chi connectivity index (χ2v) is 3.23. The van der Waals surface area contributed by atoms with Gasteiger partial charge < -0.3 is 10.0 Å². The van der Waals surface area contributed by atoms with Gasteiger partial charge in [-0.25, -0.2) is 0 Å². The maximum atomic E-state index is 8.70. The van der Waals surface area contributed by atoms with Crippen molar-refractivity contribution < 1.29 is 10.0 Å². The van der Waals surface area contributed by atoms with E-state index in [4.69, 9.17) is 10.0 Å². The van der Waals surface area contributed by atoms with Crippen LogP contribution in [0.1, 0.15) is 11.8 Å². The van der Waals surface area contributed by atoms with E-state index in [0.717, 1.165) is 6.42 Å². The van der Waals surface area contributed by atoms with Gasteiger partial charge in [0, 0.05) is 9.65 Å². The Bertz CT molecular complexity index is 209. The molecule has 0 saturated carbocycles. The van der Waals surface area contributed by atoms with Gasteiger partial charge in [-0.2, -0.15) is 0 Å². The third kappa shape index (κ3) is 1.59. The van der Waals surface area contributed by atoms with Gasteiger partial charge in [0.2, 0.25) is 0 Å². The number of rotatable bonds is 2. The lowest BCUT2D eigenvalue weighted by molar-refractivity contribution is 0.427. The highest BCUT2D eigenvalue weighted by Gasteiger charge is 2.12. The van der Waals surface area contributed by atoms with E-state index in [1.54, 1.807) is 6.07 Å². The van der Waals surface area contributed by atoms with Crippen LogP contribution in [0.15, 0.2) is 12.1 Å². The lowest BCUT2D eigenvalue weighted by Crippen LogP contribution is -2.26. The molecular weight excluding hydrogens is 147 g/mol. The monoisotopic (exact) mass is 156 g/mol. The van der Waals surface area contributed by atoms with E-state index in [1.807, 2.05) is 13.0 Å². The molecule has 0 radical (unpaired) electrons. The van der Waals surface area contributed by atoms with Crippen LogP contribution in [-0.4, -0.2) is 17.2 Å². The van der Waals surface area contributed by atoms with E-state index < -0.39 is 7.12 Å². The molecule has 0 saturated heterocycles. The van der Waals surface area contributed by atoms with Crippen LogP contribution in [-0.2, 0) is 6.42 Å². The van der Waals surface area contributed by atoms with Gasteiger partial charge in [-0.05, 0) is 12.5 Å². The third-order valence-corrected chi connectivity index (χ3v) is 2.55. The molecule has 0 spiro atoms. The first-order chi connectivity index (χ1) is 4.74. The van der Waals surface area contributed by atoms with Crippen LogP contribution in [0.3, 0.4) is 0 Å². The fourth-order valence-electron chi connectivity index (χ4n) is 0.723. The lowest BCUT2D eigenvalue weighted by Gasteiger charge is -1.89. The summed E-state index contributed by atoms with van der Waals surface area (Å²) in [4.78, 5) is 1.18. The average molecular weight is 156 g/mol. The van der Waals surface area contributed by atoms with E-state index in [0.29, 0.717) is 4.78 Å². The highest BCUT2D eigenvalue weighted by atomic mass is 32.1. The molecule has 1 rings (SSSR count). The number of hydrogen-bond donors (Lipinski definition) is 2. The van der Waals surface area contributed by atoms with Gasteiger partial charge in [-0.3, -0.25) is 0 Å². The van der Waals surface area contributed by atoms with E-state index in [1.165, 1.54) is 16.2 Å². The zero-order chi connectivity index (χ0) is 7.56. The van der Waals surface area contributed by atoms with Crippen molar-refractivity contribution in [2.45, 2.75) is 13.3 Å². The van der Waals surface area contributed by atoms with Crippen molar-refractivity contribution in [3.8, 4) is 0 Å². The summed E-state index contributed by atoms with van der Waals surface area (Å²) >= 11 is 1.44. The first kappa shape index (κ1) is 7.79. The second kappa shape index (κ2) is 3.19. The molecule has 0 atom stereocenters. The highest BCUT2D eigenvalue weighted by Crippen LogP contribution is 2.06. The molecule has 1 aromatic rings. The van der Waals surface area contributed by atoms with Crippen molar-refractivity contribution in [2.24, 2.45) is 0 Å². The molecule has 2 nitrogen and oxygen atoms in total. The van der Waals surface area contributed by atoms with Crippen molar-refractivity contribution >= 4 is 23.2 Å². The van der Waals surface area contributed by atoms with Gasteiger partial charge in [0.05, 0.1) is 0 Å². The molecule has 54 valence electrons. The molecule has 0 aliphatic heterocycles. The van der Waals surface area contributed by atoms with Gasteiger partial charge in [0.15, 0.2) is 0 Å². The summed E-state index contributed by atoms with van der Waals surface area (Å²) in [6.45, 7) is 2.04. The molecule has 1 heterocycles. The third-order valence-electron chi connectivity index (χ3n) is 1.29. The first-order valence-corrected chi connectivity index (χ1v) is 4.00. The van der Waals surface area contributed by atoms with Crippen molar-refractivity contribution in [3.63, 3.8) is 0 Å². The molecule has 4 heteroatoms. The van der Waals surface area contributed by atoms with E-state index in [2.05, 4.69) is 0 Å². The van der Waals surface area contributed by atoms with Gasteiger partial charge in [0.25, 0.3) is 0 Å². The summed E-state index contributed by atoms with van der Waals surface area (Å²) in [5, 5.41) is 17.4. The molecule has 2 N–H and O–H groups in total. The predicted molar refractivity (Wildman–Crippen MR) is 43.5 cm³/mol. The van der Waals surface area contributed by atoms with Crippen LogP contribution in [0, 0.1) is 0 Å². The molecule has 0 fully saturated rings. The zero-order valence-electron chi connectivity index (χ0n) is 5.74. The maximum absolute atomic E-state index is 8.70. The van der Waals surface area contributed by atoms with Crippen LogP contribution in [0.2, 0.25) is 0 Å². The van der Waals surface area contributed by atoms with E-state index in [-0.39, 0.29) is 0 Å². The first-order valence-electron chi connectivity index (χ1n) is 3.18.